The summed E-state index contributed by atoms with van der Waals surface area (Å²) >= 11 is 1.75. The number of anilines is 1. The minimum absolute atomic E-state index is 0.124. The molecule has 18 heteroatoms. The Labute approximate surface area is 402 Å². The minimum Gasteiger partial charge on any atom is -0.489 e. The average Bonchev–Trinajstić information content (AvgIpc) is 4.02. The highest BCUT2D eigenvalue weighted by Crippen LogP contribution is 2.56. The molecule has 0 bridgehead atoms. The lowest BCUT2D eigenvalue weighted by atomic mass is 9.49. The second-order valence-corrected chi connectivity index (χ2v) is 21.5. The number of rotatable bonds is 11. The number of aliphatic imine (C=N–C) groups is 1. The van der Waals surface area contributed by atoms with E-state index in [4.69, 9.17) is 14.1 Å². The Morgan fingerprint density at radius 3 is 2.33 bits per heavy atom. The van der Waals surface area contributed by atoms with Crippen molar-refractivity contribution in [3.05, 3.63) is 123 Å². The number of carbonyl (C=O) groups excluding carboxylic acids is 1. The number of ether oxygens (including phenoxy) is 2. The van der Waals surface area contributed by atoms with Crippen molar-refractivity contribution in [3.63, 3.8) is 0 Å². The van der Waals surface area contributed by atoms with Gasteiger partial charge < -0.3 is 24.1 Å². The largest absolute Gasteiger partial charge is 0.573 e. The van der Waals surface area contributed by atoms with Crippen LogP contribution in [0.1, 0.15) is 120 Å². The number of fused-ring (bicyclic) bond motifs is 3. The molecule has 1 amide bonds. The Kier molecular flexibility index (Phi) is 11.4. The maximum Gasteiger partial charge on any atom is 0.573 e. The monoisotopic (exact) mass is 958 g/mol. The van der Waals surface area contributed by atoms with Gasteiger partial charge in [-0.25, -0.2) is 15.0 Å². The van der Waals surface area contributed by atoms with Crippen LogP contribution in [0.15, 0.2) is 76.7 Å². The van der Waals surface area contributed by atoms with E-state index in [0.717, 1.165) is 71.9 Å². The van der Waals surface area contributed by atoms with Crippen LogP contribution in [-0.4, -0.2) is 72.9 Å². The Morgan fingerprint density at radius 1 is 0.971 bits per heavy atom. The van der Waals surface area contributed by atoms with Crippen LogP contribution >= 0.6 is 11.3 Å². The van der Waals surface area contributed by atoms with Crippen LogP contribution in [0, 0.1) is 54.3 Å². The number of alkyl halides is 3. The third-order valence-electron chi connectivity index (χ3n) is 15.0. The van der Waals surface area contributed by atoms with Gasteiger partial charge in [-0.2, -0.15) is 5.26 Å². The molecule has 1 saturated heterocycles. The number of nitrogens with zero attached hydrogens (tertiary/aromatic N) is 9. The standard InChI is InChI=1S/C51H53F3N10O4S/c1-28-29(2)69-44-40(28)41(59-37(22-39-56-16-19-66-39)42-62-61-30(3)64(42)44)33-10-8-31(9-11-33)20-32-23-50(24-32)14-17-63(18-15-50)47-57-26-35(27-58-47)43(65)60-45-48(4,5)46(49(45,6)7)67-36-13-12-34(25-55)38(21-36)68-51(52,53)54/h8-13,16,19,21,26-27,32,37,45-46H,14-15,17-18,20,22-24H2,1-7H3,(H,60,65)/t37-,45?,46?/m0/s1. The van der Waals surface area contributed by atoms with E-state index in [2.05, 4.69) is 82.8 Å². The predicted molar refractivity (Wildman–Crippen MR) is 252 cm³/mol. The Hall–Kier alpha value is -6.61. The fourth-order valence-corrected chi connectivity index (χ4v) is 12.9. The maximum absolute atomic E-state index is 13.6. The van der Waals surface area contributed by atoms with Gasteiger partial charge in [-0.05, 0) is 87.5 Å². The first-order valence-electron chi connectivity index (χ1n) is 23.2. The van der Waals surface area contributed by atoms with Crippen LogP contribution in [0.5, 0.6) is 11.5 Å². The normalized spacial score (nSPS) is 21.2. The molecule has 2 aliphatic carbocycles. The number of hydrogen-bond acceptors (Lipinski definition) is 13. The van der Waals surface area contributed by atoms with E-state index in [1.807, 2.05) is 34.6 Å². The summed E-state index contributed by atoms with van der Waals surface area (Å²) in [5.41, 5.74) is 4.84. The molecule has 0 radical (unpaired) electrons. The van der Waals surface area contributed by atoms with Crippen LogP contribution in [0.2, 0.25) is 0 Å². The van der Waals surface area contributed by atoms with Crippen LogP contribution in [-0.2, 0) is 12.8 Å². The highest BCUT2D eigenvalue weighted by molar-refractivity contribution is 7.15. The molecule has 358 valence electrons. The summed E-state index contributed by atoms with van der Waals surface area (Å²) < 4.78 is 57.2. The Balaban J connectivity index is 0.731. The fourth-order valence-electron chi connectivity index (χ4n) is 11.7. The Bertz CT molecular complexity index is 2960. The molecule has 1 atom stereocenters. The van der Waals surface area contributed by atoms with Gasteiger partial charge in [0.25, 0.3) is 5.91 Å². The van der Waals surface area contributed by atoms with Crippen molar-refractivity contribution >= 4 is 28.9 Å². The van der Waals surface area contributed by atoms with Gasteiger partial charge in [-0.3, -0.25) is 14.4 Å². The first kappa shape index (κ1) is 46.1. The zero-order valence-corrected chi connectivity index (χ0v) is 40.3. The van der Waals surface area contributed by atoms with Gasteiger partial charge in [-0.1, -0.05) is 52.0 Å². The van der Waals surface area contributed by atoms with Crippen molar-refractivity contribution in [3.8, 4) is 22.6 Å². The van der Waals surface area contributed by atoms with Crippen molar-refractivity contribution in [2.24, 2.45) is 27.2 Å². The molecule has 6 heterocycles. The van der Waals surface area contributed by atoms with Gasteiger partial charge in [0.05, 0.1) is 29.5 Å². The van der Waals surface area contributed by atoms with Crippen LogP contribution < -0.4 is 19.7 Å². The summed E-state index contributed by atoms with van der Waals surface area (Å²) in [6, 6.07) is 13.7. The lowest BCUT2D eigenvalue weighted by molar-refractivity contribution is -0.274. The van der Waals surface area contributed by atoms with Crippen molar-refractivity contribution in [2.75, 3.05) is 18.0 Å². The molecule has 0 unspecified atom stereocenters. The summed E-state index contributed by atoms with van der Waals surface area (Å²) in [6.45, 7) is 15.7. The Morgan fingerprint density at radius 2 is 1.68 bits per heavy atom. The molecule has 2 aromatic carbocycles. The van der Waals surface area contributed by atoms with E-state index >= 15 is 0 Å². The molecule has 14 nitrogen and oxygen atoms in total. The van der Waals surface area contributed by atoms with Gasteiger partial charge in [0, 0.05) is 64.4 Å². The van der Waals surface area contributed by atoms with E-state index < -0.39 is 29.0 Å². The number of nitrogens with one attached hydrogen (secondary N) is 1. The zero-order valence-electron chi connectivity index (χ0n) is 39.5. The molecule has 2 aliphatic heterocycles. The fraction of sp³-hybridized carbons (Fsp3) is 0.451. The van der Waals surface area contributed by atoms with Crippen molar-refractivity contribution in [1.82, 2.24) is 35.0 Å². The summed E-state index contributed by atoms with van der Waals surface area (Å²) in [6.07, 6.45) is 6.92. The first-order chi connectivity index (χ1) is 32.8. The van der Waals surface area contributed by atoms with Gasteiger partial charge in [0.15, 0.2) is 17.5 Å². The second kappa shape index (κ2) is 17.1. The van der Waals surface area contributed by atoms with Gasteiger partial charge in [-0.15, -0.1) is 34.7 Å². The van der Waals surface area contributed by atoms with Crippen LogP contribution in [0.3, 0.4) is 0 Å². The summed E-state index contributed by atoms with van der Waals surface area (Å²) in [4.78, 5) is 36.0. The number of thiophene rings is 1. The van der Waals surface area contributed by atoms with E-state index in [1.165, 1.54) is 41.0 Å². The van der Waals surface area contributed by atoms with E-state index in [0.29, 0.717) is 35.2 Å². The summed E-state index contributed by atoms with van der Waals surface area (Å²) in [5, 5.41) is 22.6. The van der Waals surface area contributed by atoms with Crippen LogP contribution in [0.25, 0.3) is 5.00 Å². The molecular formula is C51H53F3N10O4S. The quantitative estimate of drug-likeness (QED) is 0.131. The molecule has 4 aromatic heterocycles. The minimum atomic E-state index is -4.97. The van der Waals surface area contributed by atoms with Crippen LogP contribution in [0.4, 0.5) is 19.1 Å². The molecule has 1 N–H and O–H groups in total. The van der Waals surface area contributed by atoms with Crippen molar-refractivity contribution < 1.29 is 31.9 Å². The van der Waals surface area contributed by atoms with Crippen molar-refractivity contribution in [2.45, 2.75) is 112 Å². The number of nitriles is 1. The number of aromatic nitrogens is 6. The lowest BCUT2D eigenvalue weighted by Gasteiger charge is -2.63. The second-order valence-electron chi connectivity index (χ2n) is 20.3. The van der Waals surface area contributed by atoms with Gasteiger partial charge >= 0.3 is 6.36 Å². The number of oxazole rings is 1. The maximum atomic E-state index is 13.6. The summed E-state index contributed by atoms with van der Waals surface area (Å²) in [7, 11) is 0. The number of amides is 1. The molecule has 3 fully saturated rings. The molecule has 69 heavy (non-hydrogen) atoms. The third-order valence-corrected chi connectivity index (χ3v) is 16.2. The van der Waals surface area contributed by atoms with Gasteiger partial charge in [0.1, 0.15) is 41.1 Å². The first-order valence-corrected chi connectivity index (χ1v) is 24.1. The highest BCUT2D eigenvalue weighted by atomic mass is 32.1. The average molecular weight is 959 g/mol. The predicted octanol–water partition coefficient (Wildman–Crippen LogP) is 9.79. The number of piperidine rings is 1. The molecule has 1 spiro atoms. The number of halogens is 3. The topological polar surface area (TPSA) is 169 Å². The van der Waals surface area contributed by atoms with Crippen molar-refractivity contribution in [1.29, 1.82) is 5.26 Å². The third kappa shape index (κ3) is 8.52. The number of carbonyl (C=O) groups is 1. The van der Waals surface area contributed by atoms with E-state index in [-0.39, 0.29) is 29.3 Å². The zero-order chi connectivity index (χ0) is 48.6. The SMILES string of the molecule is Cc1sc2c(c1C)C(c1ccc(CC3CC4(CCN(c5ncc(C(=O)NC6C(C)(C)C(Oc7ccc(C#N)c(OC(F)(F)F)c7)C6(C)C)cn5)CC4)C3)cc1)=N[C@@H](Cc1ncco1)c1nnc(C)n1-2. The number of benzene rings is 2. The molecule has 2 saturated carbocycles. The molecular weight excluding hydrogens is 906 g/mol. The lowest BCUT2D eigenvalue weighted by Crippen LogP contribution is -2.74. The molecule has 4 aliphatic rings. The molecule has 6 aromatic rings. The van der Waals surface area contributed by atoms with E-state index in [9.17, 15) is 23.2 Å². The smallest absolute Gasteiger partial charge is 0.489 e. The highest BCUT2D eigenvalue weighted by Gasteiger charge is 2.64. The molecule has 10 rings (SSSR count). The van der Waals surface area contributed by atoms with Gasteiger partial charge in [0.2, 0.25) is 5.95 Å². The number of aryl methyl sites for hydroxylation is 2. The number of hydrogen-bond donors (Lipinski definition) is 1. The van der Waals surface area contributed by atoms with E-state index in [1.54, 1.807) is 42.3 Å². The summed E-state index contributed by atoms with van der Waals surface area (Å²) in [5.74, 6) is 2.60.